The molecule has 1 atom stereocenters. The van der Waals surface area contributed by atoms with Crippen molar-refractivity contribution in [2.45, 2.75) is 37.6 Å². The van der Waals surface area contributed by atoms with Crippen LogP contribution in [0.4, 0.5) is 0 Å². The quantitative estimate of drug-likeness (QED) is 0.687. The molecule has 0 bridgehead atoms. The van der Waals surface area contributed by atoms with E-state index >= 15 is 0 Å². The molecule has 3 N–H and O–H groups in total. The summed E-state index contributed by atoms with van der Waals surface area (Å²) in [5.41, 5.74) is 1.37. The van der Waals surface area contributed by atoms with Crippen LogP contribution in [-0.2, 0) is 19.6 Å². The van der Waals surface area contributed by atoms with Crippen LogP contribution in [0.15, 0.2) is 23.1 Å². The molecule has 1 unspecified atom stereocenters. The lowest BCUT2D eigenvalue weighted by atomic mass is 10.2. The van der Waals surface area contributed by atoms with Crippen LogP contribution in [0.2, 0.25) is 0 Å². The molecule has 0 heterocycles. The van der Waals surface area contributed by atoms with E-state index in [1.54, 1.807) is 19.1 Å². The molecule has 0 radical (unpaired) electrons. The molecule has 0 fully saturated rings. The van der Waals surface area contributed by atoms with Crippen molar-refractivity contribution in [1.82, 2.24) is 4.72 Å². The molecule has 1 aromatic carbocycles. The summed E-state index contributed by atoms with van der Waals surface area (Å²) < 4.78 is 26.4. The Morgan fingerprint density at radius 1 is 1.24 bits per heavy atom. The van der Waals surface area contributed by atoms with Crippen LogP contribution >= 0.6 is 0 Å². The smallest absolute Gasteiger partial charge is 0.321 e. The third-order valence-corrected chi connectivity index (χ3v) is 4.49. The summed E-state index contributed by atoms with van der Waals surface area (Å²) >= 11 is 0. The fourth-order valence-corrected chi connectivity index (χ4v) is 3.30. The lowest BCUT2D eigenvalue weighted by Gasteiger charge is -2.15. The molecule has 0 spiro atoms. The van der Waals surface area contributed by atoms with Crippen molar-refractivity contribution >= 4 is 22.0 Å². The highest BCUT2D eigenvalue weighted by atomic mass is 32.2. The average molecular weight is 315 g/mol. The zero-order chi connectivity index (χ0) is 16.2. The maximum Gasteiger partial charge on any atom is 0.321 e. The molecule has 8 heteroatoms. The molecule has 0 amide bonds. The first-order chi connectivity index (χ1) is 9.63. The number of aryl methyl sites for hydroxylation is 2. The molecule has 0 saturated carbocycles. The van der Waals surface area contributed by atoms with Gasteiger partial charge in [-0.25, -0.2) is 8.42 Å². The van der Waals surface area contributed by atoms with Crippen LogP contribution in [-0.4, -0.2) is 36.6 Å². The summed E-state index contributed by atoms with van der Waals surface area (Å²) in [6, 6.07) is 3.19. The number of aliphatic carboxylic acids is 2. The normalized spacial score (nSPS) is 12.9. The van der Waals surface area contributed by atoms with Gasteiger partial charge in [-0.2, -0.15) is 4.72 Å². The van der Waals surface area contributed by atoms with E-state index in [1.807, 2.05) is 11.6 Å². The van der Waals surface area contributed by atoms with Gasteiger partial charge in [0.2, 0.25) is 10.0 Å². The van der Waals surface area contributed by atoms with Crippen molar-refractivity contribution in [1.29, 1.82) is 0 Å². The second-order valence-corrected chi connectivity index (χ2v) is 6.40. The van der Waals surface area contributed by atoms with Crippen molar-refractivity contribution < 1.29 is 28.2 Å². The number of hydrogen-bond acceptors (Lipinski definition) is 4. The molecule has 0 aliphatic rings. The summed E-state index contributed by atoms with van der Waals surface area (Å²) in [6.07, 6.45) is -0.763. The van der Waals surface area contributed by atoms with Gasteiger partial charge in [-0.3, -0.25) is 9.59 Å². The van der Waals surface area contributed by atoms with E-state index in [0.717, 1.165) is 5.56 Å². The van der Waals surface area contributed by atoms with Crippen molar-refractivity contribution in [2.24, 2.45) is 0 Å². The van der Waals surface area contributed by atoms with Crippen LogP contribution in [0.5, 0.6) is 0 Å². The summed E-state index contributed by atoms with van der Waals surface area (Å²) in [6.45, 7) is 3.42. The summed E-state index contributed by atoms with van der Waals surface area (Å²) in [4.78, 5) is 21.5. The molecular weight excluding hydrogens is 298 g/mol. The molecule has 0 saturated heterocycles. The molecule has 116 valence electrons. The minimum Gasteiger partial charge on any atom is -0.481 e. The average Bonchev–Trinajstić information content (AvgIpc) is 2.33. The van der Waals surface area contributed by atoms with Gasteiger partial charge >= 0.3 is 11.9 Å². The van der Waals surface area contributed by atoms with Gasteiger partial charge < -0.3 is 10.2 Å². The van der Waals surface area contributed by atoms with E-state index < -0.39 is 34.4 Å². The molecule has 21 heavy (non-hydrogen) atoms. The van der Waals surface area contributed by atoms with Gasteiger partial charge in [-0.1, -0.05) is 17.7 Å². The predicted molar refractivity (Wildman–Crippen MR) is 74.5 cm³/mol. The monoisotopic (exact) mass is 315 g/mol. The Balaban J connectivity index is 3.00. The van der Waals surface area contributed by atoms with E-state index in [4.69, 9.17) is 10.2 Å². The number of hydrogen-bond donors (Lipinski definition) is 3. The summed E-state index contributed by atoms with van der Waals surface area (Å²) in [5.74, 6) is -2.60. The Labute approximate surface area is 122 Å². The molecule has 0 aromatic heterocycles. The maximum atomic E-state index is 12.2. The number of sulfonamides is 1. The lowest BCUT2D eigenvalue weighted by Crippen LogP contribution is -2.41. The number of rotatable bonds is 7. The molecular formula is C13H17NO6S. The number of carboxylic acids is 2. The lowest BCUT2D eigenvalue weighted by molar-refractivity contribution is -0.140. The summed E-state index contributed by atoms with van der Waals surface area (Å²) in [5, 5.41) is 17.6. The maximum absolute atomic E-state index is 12.2. The van der Waals surface area contributed by atoms with Gasteiger partial charge in [-0.05, 0) is 31.9 Å². The highest BCUT2D eigenvalue weighted by Crippen LogP contribution is 2.17. The van der Waals surface area contributed by atoms with Gasteiger partial charge in [0.25, 0.3) is 0 Å². The summed E-state index contributed by atoms with van der Waals surface area (Å²) in [7, 11) is -4.02. The Kier molecular flexibility index (Phi) is 5.45. The Hall–Kier alpha value is -1.93. The SMILES string of the molecule is Cc1ccc(S(=O)(=O)NC(CCC(=O)O)C(=O)O)c(C)c1. The molecule has 1 rings (SSSR count). The highest BCUT2D eigenvalue weighted by Gasteiger charge is 2.26. The first-order valence-electron chi connectivity index (χ1n) is 6.17. The van der Waals surface area contributed by atoms with Gasteiger partial charge in [-0.15, -0.1) is 0 Å². The zero-order valence-electron chi connectivity index (χ0n) is 11.7. The first-order valence-corrected chi connectivity index (χ1v) is 7.66. The van der Waals surface area contributed by atoms with E-state index in [1.165, 1.54) is 6.07 Å². The van der Waals surface area contributed by atoms with Crippen LogP contribution in [0.25, 0.3) is 0 Å². The Morgan fingerprint density at radius 2 is 1.86 bits per heavy atom. The van der Waals surface area contributed by atoms with Crippen LogP contribution in [0.3, 0.4) is 0 Å². The Morgan fingerprint density at radius 3 is 2.33 bits per heavy atom. The van der Waals surface area contributed by atoms with Crippen molar-refractivity contribution in [3.63, 3.8) is 0 Å². The van der Waals surface area contributed by atoms with Gasteiger partial charge in [0.1, 0.15) is 6.04 Å². The van der Waals surface area contributed by atoms with Crippen molar-refractivity contribution in [3.8, 4) is 0 Å². The highest BCUT2D eigenvalue weighted by molar-refractivity contribution is 7.89. The minimum absolute atomic E-state index is 0.0188. The topological polar surface area (TPSA) is 121 Å². The standard InChI is InChI=1S/C13H17NO6S/c1-8-3-5-11(9(2)7-8)21(19,20)14-10(13(17)18)4-6-12(15)16/h3,5,7,10,14H,4,6H2,1-2H3,(H,15,16)(H,17,18). The Bertz CT molecular complexity index is 653. The number of nitrogens with one attached hydrogen (secondary N) is 1. The minimum atomic E-state index is -4.02. The van der Waals surface area contributed by atoms with Crippen LogP contribution < -0.4 is 4.72 Å². The predicted octanol–water partition coefficient (Wildman–Crippen LogP) is 0.900. The largest absolute Gasteiger partial charge is 0.481 e. The molecule has 1 aromatic rings. The second kappa shape index (κ2) is 6.68. The molecule has 7 nitrogen and oxygen atoms in total. The third-order valence-electron chi connectivity index (χ3n) is 2.86. The number of carbonyl (C=O) groups is 2. The van der Waals surface area contributed by atoms with Crippen LogP contribution in [0, 0.1) is 13.8 Å². The van der Waals surface area contributed by atoms with E-state index in [9.17, 15) is 18.0 Å². The fourth-order valence-electron chi connectivity index (χ4n) is 1.85. The second-order valence-electron chi connectivity index (χ2n) is 4.71. The van der Waals surface area contributed by atoms with E-state index in [2.05, 4.69) is 0 Å². The van der Waals surface area contributed by atoms with Crippen molar-refractivity contribution in [3.05, 3.63) is 29.3 Å². The van der Waals surface area contributed by atoms with Crippen LogP contribution in [0.1, 0.15) is 24.0 Å². The van der Waals surface area contributed by atoms with Crippen molar-refractivity contribution in [2.75, 3.05) is 0 Å². The van der Waals surface area contributed by atoms with E-state index in [-0.39, 0.29) is 11.3 Å². The zero-order valence-corrected chi connectivity index (χ0v) is 12.5. The third kappa shape index (κ3) is 4.83. The fraction of sp³-hybridized carbons (Fsp3) is 0.385. The van der Waals surface area contributed by atoms with Gasteiger partial charge in [0, 0.05) is 6.42 Å². The van der Waals surface area contributed by atoms with E-state index in [0.29, 0.717) is 5.56 Å². The molecule has 0 aliphatic carbocycles. The van der Waals surface area contributed by atoms with Gasteiger partial charge in [0.15, 0.2) is 0 Å². The van der Waals surface area contributed by atoms with Gasteiger partial charge in [0.05, 0.1) is 4.90 Å². The number of carboxylic acid groups (broad SMARTS) is 2. The molecule has 0 aliphatic heterocycles. The number of benzene rings is 1. The first kappa shape index (κ1) is 17.1.